The molecular weight excluding hydrogens is 439 g/mol. The van der Waals surface area contributed by atoms with Crippen LogP contribution in [0, 0.1) is 11.3 Å². The van der Waals surface area contributed by atoms with Crippen LogP contribution in [0.2, 0.25) is 0 Å². The molecule has 3 rings (SSSR count). The number of methoxy groups -OCH3 is 2. The smallest absolute Gasteiger partial charge is 0.495 e. The Labute approximate surface area is 200 Å². The molecule has 1 saturated heterocycles. The molecule has 2 N–H and O–H groups in total. The van der Waals surface area contributed by atoms with Crippen LogP contribution >= 0.6 is 0 Å². The van der Waals surface area contributed by atoms with Crippen LogP contribution in [0.4, 0.5) is 0 Å². The molecular formula is C24H31BN2O7. The van der Waals surface area contributed by atoms with Crippen molar-refractivity contribution >= 4 is 18.6 Å². The Morgan fingerprint density at radius 1 is 1.18 bits per heavy atom. The topological polar surface area (TPSA) is 122 Å². The highest BCUT2D eigenvalue weighted by molar-refractivity contribution is 6.63. The zero-order valence-electron chi connectivity index (χ0n) is 20.9. The Morgan fingerprint density at radius 2 is 1.79 bits per heavy atom. The lowest BCUT2D eigenvalue weighted by atomic mass is 9.69. The molecule has 2 heterocycles. The van der Waals surface area contributed by atoms with E-state index in [1.165, 1.54) is 14.2 Å². The summed E-state index contributed by atoms with van der Waals surface area (Å²) in [4.78, 5) is 13.1. The summed E-state index contributed by atoms with van der Waals surface area (Å²) >= 11 is 0. The van der Waals surface area contributed by atoms with E-state index in [-0.39, 0.29) is 29.4 Å². The molecule has 34 heavy (non-hydrogen) atoms. The van der Waals surface area contributed by atoms with Crippen LogP contribution in [0.25, 0.3) is 0 Å². The predicted octanol–water partition coefficient (Wildman–Crippen LogP) is 2.65. The van der Waals surface area contributed by atoms with Crippen molar-refractivity contribution in [2.45, 2.75) is 58.7 Å². The highest BCUT2D eigenvalue weighted by Crippen LogP contribution is 2.45. The zero-order valence-corrected chi connectivity index (χ0v) is 20.9. The third-order valence-electron chi connectivity index (χ3n) is 6.50. The largest absolute Gasteiger partial charge is 0.497 e. The zero-order chi connectivity index (χ0) is 25.4. The molecule has 182 valence electrons. The molecule has 0 amide bonds. The van der Waals surface area contributed by atoms with Crippen molar-refractivity contribution in [3.05, 3.63) is 40.5 Å². The summed E-state index contributed by atoms with van der Waals surface area (Å²) < 4.78 is 34.7. The second-order valence-electron chi connectivity index (χ2n) is 9.04. The van der Waals surface area contributed by atoms with Gasteiger partial charge in [0.1, 0.15) is 28.9 Å². The normalized spacial score (nSPS) is 21.1. The molecule has 1 aromatic carbocycles. The maximum atomic E-state index is 13.1. The molecule has 0 spiro atoms. The van der Waals surface area contributed by atoms with Crippen molar-refractivity contribution in [3.63, 3.8) is 0 Å². The standard InChI is InChI=1S/C24H31BN2O7/c1-9-31-22(28)18-13(2)32-21(27)15(12-26)19(18)20-16(10-14(29-7)11-17(20)30-8)25-33-23(3,4)24(5,6)34-25/h10-11,19H,9,27H2,1-8H3. The molecule has 0 aromatic heterocycles. The highest BCUT2D eigenvalue weighted by atomic mass is 16.7. The first-order valence-electron chi connectivity index (χ1n) is 11.0. The average Bonchev–Trinajstić information content (AvgIpc) is 2.99. The molecule has 1 aromatic rings. The SMILES string of the molecule is CCOC(=O)C1=C(C)OC(N)=C(C#N)C1c1c(OC)cc(OC)cc1B1OC(C)(C)C(C)(C)O1. The predicted molar refractivity (Wildman–Crippen MR) is 125 cm³/mol. The van der Waals surface area contributed by atoms with Crippen molar-refractivity contribution in [1.29, 1.82) is 5.26 Å². The molecule has 10 heteroatoms. The fraction of sp³-hybridized carbons (Fsp3) is 0.500. The summed E-state index contributed by atoms with van der Waals surface area (Å²) in [6.07, 6.45) is 0. The first-order valence-corrected chi connectivity index (χ1v) is 11.0. The summed E-state index contributed by atoms with van der Waals surface area (Å²) in [5.41, 5.74) is 6.05. The number of allylic oxidation sites excluding steroid dienone is 2. The van der Waals surface area contributed by atoms with Gasteiger partial charge in [0.2, 0.25) is 5.88 Å². The number of rotatable bonds is 6. The maximum Gasteiger partial charge on any atom is 0.495 e. The summed E-state index contributed by atoms with van der Waals surface area (Å²) in [6, 6.07) is 5.52. The number of nitriles is 1. The van der Waals surface area contributed by atoms with Gasteiger partial charge in [0, 0.05) is 11.6 Å². The van der Waals surface area contributed by atoms with E-state index in [2.05, 4.69) is 6.07 Å². The molecule has 1 atom stereocenters. The quantitative estimate of drug-likeness (QED) is 0.494. The molecule has 2 aliphatic heterocycles. The van der Waals surface area contributed by atoms with Crippen molar-refractivity contribution in [2.75, 3.05) is 20.8 Å². The van der Waals surface area contributed by atoms with E-state index < -0.39 is 30.2 Å². The number of benzene rings is 1. The van der Waals surface area contributed by atoms with Crippen LogP contribution in [0.5, 0.6) is 11.5 Å². The van der Waals surface area contributed by atoms with Gasteiger partial charge in [0.25, 0.3) is 0 Å². The Balaban J connectivity index is 2.35. The van der Waals surface area contributed by atoms with E-state index in [9.17, 15) is 10.1 Å². The number of hydrogen-bond donors (Lipinski definition) is 1. The lowest BCUT2D eigenvalue weighted by molar-refractivity contribution is -0.139. The van der Waals surface area contributed by atoms with E-state index >= 15 is 0 Å². The van der Waals surface area contributed by atoms with E-state index in [1.807, 2.05) is 27.7 Å². The lowest BCUT2D eigenvalue weighted by Crippen LogP contribution is -2.41. The van der Waals surface area contributed by atoms with Gasteiger partial charge in [0.15, 0.2) is 0 Å². The minimum atomic E-state index is -0.937. The number of carbonyl (C=O) groups is 1. The number of nitrogens with two attached hydrogens (primary N) is 1. The molecule has 0 bridgehead atoms. The molecule has 0 radical (unpaired) electrons. The highest BCUT2D eigenvalue weighted by Gasteiger charge is 2.53. The van der Waals surface area contributed by atoms with E-state index in [0.717, 1.165) is 0 Å². The minimum Gasteiger partial charge on any atom is -0.497 e. The van der Waals surface area contributed by atoms with Gasteiger partial charge in [-0.25, -0.2) is 4.79 Å². The van der Waals surface area contributed by atoms with Crippen LogP contribution in [0.3, 0.4) is 0 Å². The molecule has 0 aliphatic carbocycles. The molecule has 0 saturated carbocycles. The third-order valence-corrected chi connectivity index (χ3v) is 6.50. The van der Waals surface area contributed by atoms with Gasteiger partial charge < -0.3 is 34.0 Å². The van der Waals surface area contributed by atoms with Gasteiger partial charge in [-0.3, -0.25) is 0 Å². The van der Waals surface area contributed by atoms with Crippen LogP contribution in [0.1, 0.15) is 53.0 Å². The monoisotopic (exact) mass is 470 g/mol. The van der Waals surface area contributed by atoms with E-state index in [1.54, 1.807) is 26.0 Å². The number of nitrogens with zero attached hydrogens (tertiary/aromatic N) is 1. The van der Waals surface area contributed by atoms with Crippen LogP contribution < -0.4 is 20.7 Å². The summed E-state index contributed by atoms with van der Waals surface area (Å²) in [6.45, 7) is 11.2. The number of esters is 1. The van der Waals surface area contributed by atoms with Crippen molar-refractivity contribution in [3.8, 4) is 17.6 Å². The van der Waals surface area contributed by atoms with Gasteiger partial charge in [-0.15, -0.1) is 0 Å². The van der Waals surface area contributed by atoms with Crippen molar-refractivity contribution < 1.29 is 33.1 Å². The fourth-order valence-electron chi connectivity index (χ4n) is 4.03. The molecule has 2 aliphatic rings. The fourth-order valence-corrected chi connectivity index (χ4v) is 4.03. The summed E-state index contributed by atoms with van der Waals surface area (Å²) in [7, 11) is 2.19. The third kappa shape index (κ3) is 4.21. The number of hydrogen-bond acceptors (Lipinski definition) is 9. The Bertz CT molecular complexity index is 1090. The van der Waals surface area contributed by atoms with Crippen molar-refractivity contribution in [1.82, 2.24) is 0 Å². The van der Waals surface area contributed by atoms with Crippen molar-refractivity contribution in [2.24, 2.45) is 5.73 Å². The van der Waals surface area contributed by atoms with Gasteiger partial charge in [0.05, 0.1) is 43.5 Å². The van der Waals surface area contributed by atoms with Gasteiger partial charge >= 0.3 is 13.1 Å². The lowest BCUT2D eigenvalue weighted by Gasteiger charge is -2.32. The Hall–Kier alpha value is -3.16. The van der Waals surface area contributed by atoms with Gasteiger partial charge in [-0.1, -0.05) is 0 Å². The second-order valence-corrected chi connectivity index (χ2v) is 9.04. The number of carbonyl (C=O) groups excluding carboxylic acids is 1. The Kier molecular flexibility index (Phi) is 6.92. The van der Waals surface area contributed by atoms with E-state index in [0.29, 0.717) is 22.5 Å². The minimum absolute atomic E-state index is 0.0508. The molecule has 9 nitrogen and oxygen atoms in total. The van der Waals surface area contributed by atoms with Crippen LogP contribution in [-0.4, -0.2) is 45.1 Å². The Morgan fingerprint density at radius 3 is 2.29 bits per heavy atom. The number of ether oxygens (including phenoxy) is 4. The first-order chi connectivity index (χ1) is 15.9. The van der Waals surface area contributed by atoms with Crippen LogP contribution in [-0.2, 0) is 23.6 Å². The van der Waals surface area contributed by atoms with E-state index in [4.69, 9.17) is 34.0 Å². The maximum absolute atomic E-state index is 13.1. The summed E-state index contributed by atoms with van der Waals surface area (Å²) in [5, 5.41) is 10.0. The first kappa shape index (κ1) is 25.5. The second kappa shape index (κ2) is 9.24. The average molecular weight is 470 g/mol. The molecule has 1 fully saturated rings. The molecule has 1 unspecified atom stereocenters. The van der Waals surface area contributed by atoms with Gasteiger partial charge in [-0.2, -0.15) is 5.26 Å². The van der Waals surface area contributed by atoms with Crippen LogP contribution in [0.15, 0.2) is 34.9 Å². The summed E-state index contributed by atoms with van der Waals surface area (Å²) in [5.74, 6) is -0.568. The van der Waals surface area contributed by atoms with Gasteiger partial charge in [-0.05, 0) is 53.1 Å².